The van der Waals surface area contributed by atoms with Gasteiger partial charge in [0, 0.05) is 5.56 Å². The molecule has 0 saturated heterocycles. The summed E-state index contributed by atoms with van der Waals surface area (Å²) in [6.07, 6.45) is 1.40. The second-order valence-electron chi connectivity index (χ2n) is 3.73. The van der Waals surface area contributed by atoms with E-state index in [2.05, 4.69) is 11.6 Å². The molecule has 1 heterocycles. The Kier molecular flexibility index (Phi) is 3.44. The number of nitrogens with zero attached hydrogens (tertiary/aromatic N) is 1. The molecule has 4 heteroatoms. The highest BCUT2D eigenvalue weighted by Gasteiger charge is 2.28. The molecule has 1 aliphatic rings. The van der Waals surface area contributed by atoms with Crippen LogP contribution in [0.5, 0.6) is 5.75 Å². The zero-order valence-electron chi connectivity index (χ0n) is 9.67. The van der Waals surface area contributed by atoms with Gasteiger partial charge in [-0.2, -0.15) is 0 Å². The van der Waals surface area contributed by atoms with Crippen LogP contribution in [0.1, 0.15) is 5.56 Å². The number of hydrogen-bond acceptors (Lipinski definition) is 4. The SMILES string of the molecule is C=C[C@@H]1OC(c2ccc(OC)cc2)=N[C@H]1CO. The monoisotopic (exact) mass is 233 g/mol. The molecule has 17 heavy (non-hydrogen) atoms. The molecule has 4 nitrogen and oxygen atoms in total. The van der Waals surface area contributed by atoms with Crippen molar-refractivity contribution in [1.29, 1.82) is 0 Å². The average molecular weight is 233 g/mol. The molecule has 0 aliphatic carbocycles. The summed E-state index contributed by atoms with van der Waals surface area (Å²) in [7, 11) is 1.62. The Hall–Kier alpha value is -1.81. The van der Waals surface area contributed by atoms with E-state index in [0.717, 1.165) is 11.3 Å². The summed E-state index contributed by atoms with van der Waals surface area (Å²) in [5.41, 5.74) is 0.869. The lowest BCUT2D eigenvalue weighted by atomic mass is 10.2. The Balaban J connectivity index is 2.20. The lowest BCUT2D eigenvalue weighted by Crippen LogP contribution is -2.23. The van der Waals surface area contributed by atoms with Crippen molar-refractivity contribution in [3.05, 3.63) is 42.5 Å². The Labute approximate surface area is 100 Å². The Morgan fingerprint density at radius 1 is 1.47 bits per heavy atom. The van der Waals surface area contributed by atoms with Gasteiger partial charge in [0.2, 0.25) is 5.90 Å². The van der Waals surface area contributed by atoms with Crippen LogP contribution in [0.2, 0.25) is 0 Å². The minimum Gasteiger partial charge on any atom is -0.497 e. The molecule has 0 fully saturated rings. The van der Waals surface area contributed by atoms with Gasteiger partial charge in [-0.05, 0) is 30.3 Å². The molecular weight excluding hydrogens is 218 g/mol. The van der Waals surface area contributed by atoms with Gasteiger partial charge in [0.15, 0.2) is 0 Å². The third-order valence-electron chi connectivity index (χ3n) is 2.67. The number of rotatable bonds is 4. The van der Waals surface area contributed by atoms with E-state index in [1.807, 2.05) is 24.3 Å². The van der Waals surface area contributed by atoms with Crippen LogP contribution in [0.25, 0.3) is 0 Å². The molecule has 1 aliphatic heterocycles. The zero-order chi connectivity index (χ0) is 12.3. The fourth-order valence-corrected chi connectivity index (χ4v) is 1.69. The maximum atomic E-state index is 9.16. The Morgan fingerprint density at radius 3 is 2.65 bits per heavy atom. The number of benzene rings is 1. The third-order valence-corrected chi connectivity index (χ3v) is 2.67. The largest absolute Gasteiger partial charge is 0.497 e. The maximum absolute atomic E-state index is 9.16. The van der Waals surface area contributed by atoms with Crippen molar-refractivity contribution in [3.63, 3.8) is 0 Å². The minimum atomic E-state index is -0.260. The highest BCUT2D eigenvalue weighted by atomic mass is 16.5. The number of ether oxygens (including phenoxy) is 2. The highest BCUT2D eigenvalue weighted by Crippen LogP contribution is 2.20. The van der Waals surface area contributed by atoms with Gasteiger partial charge in [-0.25, -0.2) is 4.99 Å². The lowest BCUT2D eigenvalue weighted by Gasteiger charge is -2.10. The van der Waals surface area contributed by atoms with Crippen LogP contribution in [0.3, 0.4) is 0 Å². The molecule has 2 rings (SSSR count). The summed E-state index contributed by atoms with van der Waals surface area (Å²) in [6, 6.07) is 7.17. The van der Waals surface area contributed by atoms with E-state index >= 15 is 0 Å². The fourth-order valence-electron chi connectivity index (χ4n) is 1.69. The van der Waals surface area contributed by atoms with E-state index in [1.165, 1.54) is 0 Å². The van der Waals surface area contributed by atoms with Crippen LogP contribution >= 0.6 is 0 Å². The van der Waals surface area contributed by atoms with Gasteiger partial charge in [0.25, 0.3) is 0 Å². The van der Waals surface area contributed by atoms with Crippen LogP contribution in [0.4, 0.5) is 0 Å². The first-order valence-electron chi connectivity index (χ1n) is 5.40. The third kappa shape index (κ3) is 2.31. The van der Waals surface area contributed by atoms with Gasteiger partial charge >= 0.3 is 0 Å². The summed E-state index contributed by atoms with van der Waals surface area (Å²) in [4.78, 5) is 4.32. The van der Waals surface area contributed by atoms with Crippen molar-refractivity contribution < 1.29 is 14.6 Å². The molecule has 90 valence electrons. The molecular formula is C13H15NO3. The van der Waals surface area contributed by atoms with Crippen LogP contribution in [-0.4, -0.2) is 36.9 Å². The minimum absolute atomic E-state index is 0.0453. The molecule has 0 saturated carbocycles. The van der Waals surface area contributed by atoms with Gasteiger partial charge in [-0.3, -0.25) is 0 Å². The fraction of sp³-hybridized carbons (Fsp3) is 0.308. The Bertz CT molecular complexity index is 425. The number of aliphatic hydroxyl groups is 1. The van der Waals surface area contributed by atoms with Crippen molar-refractivity contribution in [2.75, 3.05) is 13.7 Å². The second kappa shape index (κ2) is 5.01. The van der Waals surface area contributed by atoms with Gasteiger partial charge in [0.05, 0.1) is 13.7 Å². The summed E-state index contributed by atoms with van der Waals surface area (Å²) in [5.74, 6) is 1.32. The standard InChI is InChI=1S/C13H15NO3/c1-3-12-11(8-15)14-13(17-12)9-4-6-10(16-2)7-5-9/h3-7,11-12,15H,1,8H2,2H3/t11-,12-/m0/s1. The van der Waals surface area contributed by atoms with E-state index in [4.69, 9.17) is 14.6 Å². The van der Waals surface area contributed by atoms with E-state index in [-0.39, 0.29) is 18.8 Å². The number of methoxy groups -OCH3 is 1. The molecule has 0 amide bonds. The van der Waals surface area contributed by atoms with Crippen LogP contribution in [0.15, 0.2) is 41.9 Å². The summed E-state index contributed by atoms with van der Waals surface area (Å²) < 4.78 is 10.7. The normalized spacial score (nSPS) is 22.8. The first-order chi connectivity index (χ1) is 8.28. The number of aliphatic hydroxyl groups excluding tert-OH is 1. The number of aliphatic imine (C=N–C) groups is 1. The van der Waals surface area contributed by atoms with E-state index < -0.39 is 0 Å². The van der Waals surface area contributed by atoms with Crippen molar-refractivity contribution in [3.8, 4) is 5.75 Å². The predicted octanol–water partition coefficient (Wildman–Crippen LogP) is 1.39. The van der Waals surface area contributed by atoms with Crippen LogP contribution in [-0.2, 0) is 4.74 Å². The summed E-state index contributed by atoms with van der Waals surface area (Å²) in [5, 5.41) is 9.16. The highest BCUT2D eigenvalue weighted by molar-refractivity contribution is 5.95. The maximum Gasteiger partial charge on any atom is 0.217 e. The lowest BCUT2D eigenvalue weighted by molar-refractivity contribution is 0.184. The quantitative estimate of drug-likeness (QED) is 0.799. The van der Waals surface area contributed by atoms with Crippen molar-refractivity contribution >= 4 is 5.90 Å². The molecule has 0 radical (unpaired) electrons. The van der Waals surface area contributed by atoms with Crippen LogP contribution < -0.4 is 4.74 Å². The molecule has 1 aromatic rings. The summed E-state index contributed by atoms with van der Waals surface area (Å²) >= 11 is 0. The Morgan fingerprint density at radius 2 is 2.18 bits per heavy atom. The molecule has 0 bridgehead atoms. The molecule has 1 aromatic carbocycles. The second-order valence-corrected chi connectivity index (χ2v) is 3.73. The topological polar surface area (TPSA) is 51.0 Å². The summed E-state index contributed by atoms with van der Waals surface area (Å²) in [6.45, 7) is 3.62. The first-order valence-corrected chi connectivity index (χ1v) is 5.40. The van der Waals surface area contributed by atoms with Gasteiger partial charge in [-0.1, -0.05) is 6.58 Å². The van der Waals surface area contributed by atoms with E-state index in [9.17, 15) is 0 Å². The molecule has 2 atom stereocenters. The van der Waals surface area contributed by atoms with Gasteiger partial charge in [-0.15, -0.1) is 0 Å². The smallest absolute Gasteiger partial charge is 0.217 e. The molecule has 0 unspecified atom stereocenters. The van der Waals surface area contributed by atoms with Gasteiger partial charge in [0.1, 0.15) is 17.9 Å². The average Bonchev–Trinajstić information content (AvgIpc) is 2.82. The van der Waals surface area contributed by atoms with Crippen molar-refractivity contribution in [2.45, 2.75) is 12.1 Å². The van der Waals surface area contributed by atoms with E-state index in [0.29, 0.717) is 5.90 Å². The first kappa shape index (κ1) is 11.7. The van der Waals surface area contributed by atoms with Crippen molar-refractivity contribution in [2.24, 2.45) is 4.99 Å². The molecule has 0 aromatic heterocycles. The molecule has 0 spiro atoms. The number of hydrogen-bond donors (Lipinski definition) is 1. The van der Waals surface area contributed by atoms with E-state index in [1.54, 1.807) is 13.2 Å². The van der Waals surface area contributed by atoms with Gasteiger partial charge < -0.3 is 14.6 Å². The van der Waals surface area contributed by atoms with Crippen molar-refractivity contribution in [1.82, 2.24) is 0 Å². The molecule has 1 N–H and O–H groups in total. The zero-order valence-corrected chi connectivity index (χ0v) is 9.67. The van der Waals surface area contributed by atoms with Crippen LogP contribution in [0, 0.1) is 0 Å². The predicted molar refractivity (Wildman–Crippen MR) is 65.5 cm³/mol.